The van der Waals surface area contributed by atoms with Crippen LogP contribution in [0, 0.1) is 5.92 Å². The molecule has 1 aliphatic rings. The molecule has 2 aromatic heterocycles. The van der Waals surface area contributed by atoms with E-state index in [1.165, 1.54) is 28.9 Å². The lowest BCUT2D eigenvalue weighted by atomic mass is 9.89. The van der Waals surface area contributed by atoms with E-state index in [1.807, 2.05) is 18.2 Å². The van der Waals surface area contributed by atoms with Gasteiger partial charge in [0.25, 0.3) is 0 Å². The third-order valence-corrected chi connectivity index (χ3v) is 5.09. The van der Waals surface area contributed by atoms with Crippen molar-refractivity contribution in [3.63, 3.8) is 0 Å². The molecule has 1 unspecified atom stereocenters. The summed E-state index contributed by atoms with van der Waals surface area (Å²) in [7, 11) is 0. The van der Waals surface area contributed by atoms with E-state index in [-0.39, 0.29) is 5.78 Å². The van der Waals surface area contributed by atoms with Crippen LogP contribution in [0.2, 0.25) is 0 Å². The Morgan fingerprint density at radius 3 is 2.64 bits per heavy atom. The van der Waals surface area contributed by atoms with Gasteiger partial charge in [-0.3, -0.25) is 9.36 Å². The summed E-state index contributed by atoms with van der Waals surface area (Å²) in [5, 5.41) is 0. The molecule has 0 N–H and O–H groups in total. The predicted octanol–water partition coefficient (Wildman–Crippen LogP) is 4.87. The molecule has 1 aliphatic carbocycles. The zero-order valence-electron chi connectivity index (χ0n) is 14.7. The molecule has 1 atom stereocenters. The van der Waals surface area contributed by atoms with Gasteiger partial charge in [-0.2, -0.15) is 0 Å². The normalized spacial score (nSPS) is 16.5. The largest absolute Gasteiger partial charge is 0.298 e. The molecule has 0 fully saturated rings. The van der Waals surface area contributed by atoms with E-state index in [0.717, 1.165) is 24.6 Å². The van der Waals surface area contributed by atoms with Gasteiger partial charge in [-0.05, 0) is 61.4 Å². The van der Waals surface area contributed by atoms with E-state index in [0.29, 0.717) is 5.56 Å². The number of hydrogen-bond acceptors (Lipinski definition) is 2. The highest BCUT2D eigenvalue weighted by Gasteiger charge is 2.23. The number of hydrogen-bond donors (Lipinski definition) is 0. The van der Waals surface area contributed by atoms with Crippen LogP contribution in [-0.4, -0.2) is 15.3 Å². The highest BCUT2D eigenvalue weighted by Crippen LogP contribution is 2.34. The monoisotopic (exact) mass is 330 g/mol. The maximum absolute atomic E-state index is 11.6. The van der Waals surface area contributed by atoms with Crippen LogP contribution < -0.4 is 0 Å². The van der Waals surface area contributed by atoms with Gasteiger partial charge in [0.15, 0.2) is 5.78 Å². The Hall–Kier alpha value is -2.68. The van der Waals surface area contributed by atoms with Gasteiger partial charge >= 0.3 is 0 Å². The molecular weight excluding hydrogens is 308 g/mol. The summed E-state index contributed by atoms with van der Waals surface area (Å²) in [5.41, 5.74) is 5.82. The summed E-state index contributed by atoms with van der Waals surface area (Å²) in [6, 6.07) is 16.6. The minimum Gasteiger partial charge on any atom is -0.298 e. The van der Waals surface area contributed by atoms with Gasteiger partial charge in [-0.25, -0.2) is 4.98 Å². The van der Waals surface area contributed by atoms with Crippen LogP contribution in [0.25, 0.3) is 17.1 Å². The lowest BCUT2D eigenvalue weighted by Gasteiger charge is -2.21. The highest BCUT2D eigenvalue weighted by atomic mass is 16.1. The Bertz CT molecular complexity index is 907. The van der Waals surface area contributed by atoms with Gasteiger partial charge in [0.1, 0.15) is 5.82 Å². The van der Waals surface area contributed by atoms with Crippen LogP contribution in [0.3, 0.4) is 0 Å². The molecule has 3 heteroatoms. The summed E-state index contributed by atoms with van der Waals surface area (Å²) in [6.07, 6.45) is 5.08. The molecule has 1 aromatic carbocycles. The van der Waals surface area contributed by atoms with Crippen molar-refractivity contribution < 1.29 is 4.79 Å². The standard InChI is InChI=1S/C22H22N2O/c1-15-8-10-20-19(12-15)13-21(17-6-4-3-5-7-17)24(20)22-11-9-18(14-23-22)16(2)25/h3-7,9,11,13-15H,8,10,12H2,1-2H3. The van der Waals surface area contributed by atoms with E-state index in [9.17, 15) is 4.79 Å². The molecular formula is C22H22N2O. The molecule has 0 aliphatic heterocycles. The SMILES string of the molecule is CC(=O)c1ccc(-n2c(-c3ccccc3)cc3c2CCC(C)C3)nc1. The van der Waals surface area contributed by atoms with Crippen LogP contribution in [-0.2, 0) is 12.8 Å². The van der Waals surface area contributed by atoms with E-state index in [2.05, 4.69) is 46.8 Å². The summed E-state index contributed by atoms with van der Waals surface area (Å²) in [5.74, 6) is 1.66. The number of rotatable bonds is 3. The van der Waals surface area contributed by atoms with E-state index in [1.54, 1.807) is 13.1 Å². The number of aromatic nitrogens is 2. The van der Waals surface area contributed by atoms with Gasteiger partial charge in [-0.15, -0.1) is 0 Å². The minimum atomic E-state index is 0.0469. The van der Waals surface area contributed by atoms with Crippen molar-refractivity contribution in [1.82, 2.24) is 9.55 Å². The first kappa shape index (κ1) is 15.8. The zero-order chi connectivity index (χ0) is 17.4. The number of carbonyl (C=O) groups is 1. The van der Waals surface area contributed by atoms with Crippen LogP contribution in [0.4, 0.5) is 0 Å². The molecule has 126 valence electrons. The van der Waals surface area contributed by atoms with Gasteiger partial charge in [0.05, 0.1) is 5.69 Å². The van der Waals surface area contributed by atoms with Gasteiger partial charge < -0.3 is 0 Å². The topological polar surface area (TPSA) is 34.9 Å². The second-order valence-corrected chi connectivity index (χ2v) is 7.01. The van der Waals surface area contributed by atoms with Crippen LogP contribution >= 0.6 is 0 Å². The fourth-order valence-corrected chi connectivity index (χ4v) is 3.72. The highest BCUT2D eigenvalue weighted by molar-refractivity contribution is 5.93. The minimum absolute atomic E-state index is 0.0469. The van der Waals surface area contributed by atoms with E-state index >= 15 is 0 Å². The Morgan fingerprint density at radius 1 is 1.16 bits per heavy atom. The van der Waals surface area contributed by atoms with Crippen molar-refractivity contribution in [2.24, 2.45) is 5.92 Å². The van der Waals surface area contributed by atoms with Crippen molar-refractivity contribution >= 4 is 5.78 Å². The molecule has 3 nitrogen and oxygen atoms in total. The van der Waals surface area contributed by atoms with Crippen molar-refractivity contribution in [2.45, 2.75) is 33.1 Å². The fourth-order valence-electron chi connectivity index (χ4n) is 3.72. The van der Waals surface area contributed by atoms with Gasteiger partial charge in [-0.1, -0.05) is 37.3 Å². The number of ketones is 1. The van der Waals surface area contributed by atoms with Crippen molar-refractivity contribution in [1.29, 1.82) is 0 Å². The maximum atomic E-state index is 11.6. The Labute approximate surface area is 148 Å². The number of fused-ring (bicyclic) bond motifs is 1. The lowest BCUT2D eigenvalue weighted by Crippen LogP contribution is -2.14. The quantitative estimate of drug-likeness (QED) is 0.642. The smallest absolute Gasteiger partial charge is 0.161 e. The second kappa shape index (κ2) is 6.32. The molecule has 0 amide bonds. The Morgan fingerprint density at radius 2 is 1.96 bits per heavy atom. The molecule has 2 heterocycles. The van der Waals surface area contributed by atoms with Crippen molar-refractivity contribution in [3.05, 3.63) is 71.5 Å². The molecule has 4 rings (SSSR count). The number of nitrogens with zero attached hydrogens (tertiary/aromatic N) is 2. The molecule has 0 saturated heterocycles. The second-order valence-electron chi connectivity index (χ2n) is 7.01. The third kappa shape index (κ3) is 2.91. The number of carbonyl (C=O) groups excluding carboxylic acids is 1. The Balaban J connectivity index is 1.89. The summed E-state index contributed by atoms with van der Waals surface area (Å²) >= 11 is 0. The average molecular weight is 330 g/mol. The first-order chi connectivity index (χ1) is 12.1. The first-order valence-corrected chi connectivity index (χ1v) is 8.90. The van der Waals surface area contributed by atoms with E-state index < -0.39 is 0 Å². The molecule has 0 spiro atoms. The summed E-state index contributed by atoms with van der Waals surface area (Å²) < 4.78 is 2.28. The molecule has 3 aromatic rings. The maximum Gasteiger partial charge on any atom is 0.161 e. The third-order valence-electron chi connectivity index (χ3n) is 5.09. The lowest BCUT2D eigenvalue weighted by molar-refractivity contribution is 0.101. The summed E-state index contributed by atoms with van der Waals surface area (Å²) in [4.78, 5) is 16.2. The Kier molecular flexibility index (Phi) is 4.00. The molecule has 0 bridgehead atoms. The summed E-state index contributed by atoms with van der Waals surface area (Å²) in [6.45, 7) is 3.90. The number of benzene rings is 1. The van der Waals surface area contributed by atoms with E-state index in [4.69, 9.17) is 0 Å². The molecule has 0 radical (unpaired) electrons. The van der Waals surface area contributed by atoms with Crippen LogP contribution in [0.1, 0.15) is 41.9 Å². The fraction of sp³-hybridized carbons (Fsp3) is 0.273. The first-order valence-electron chi connectivity index (χ1n) is 8.90. The van der Waals surface area contributed by atoms with Gasteiger partial charge in [0.2, 0.25) is 0 Å². The van der Waals surface area contributed by atoms with Crippen LogP contribution in [0.5, 0.6) is 0 Å². The predicted molar refractivity (Wildman–Crippen MR) is 100 cm³/mol. The number of pyridine rings is 1. The van der Waals surface area contributed by atoms with Crippen molar-refractivity contribution in [3.8, 4) is 17.1 Å². The van der Waals surface area contributed by atoms with Crippen LogP contribution in [0.15, 0.2) is 54.7 Å². The molecule has 25 heavy (non-hydrogen) atoms. The average Bonchev–Trinajstić information content (AvgIpc) is 3.01. The van der Waals surface area contributed by atoms with Gasteiger partial charge in [0, 0.05) is 17.5 Å². The van der Waals surface area contributed by atoms with Crippen molar-refractivity contribution in [2.75, 3.05) is 0 Å². The zero-order valence-corrected chi connectivity index (χ0v) is 14.7. The molecule has 0 saturated carbocycles. The number of Topliss-reactive ketones (excluding diaryl/α,β-unsaturated/α-hetero) is 1.